The Balaban J connectivity index is 1.92. The summed E-state index contributed by atoms with van der Waals surface area (Å²) in [5, 5.41) is 1.30. The lowest BCUT2D eigenvalue weighted by atomic mass is 10.2. The lowest BCUT2D eigenvalue weighted by molar-refractivity contribution is 0.0586. The predicted molar refractivity (Wildman–Crippen MR) is 115 cm³/mol. The van der Waals surface area contributed by atoms with E-state index in [0.717, 1.165) is 16.5 Å². The fourth-order valence-corrected chi connectivity index (χ4v) is 3.51. The first-order valence-electron chi connectivity index (χ1n) is 9.05. The number of anilines is 1. The lowest BCUT2D eigenvalue weighted by Crippen LogP contribution is -2.12. The van der Waals surface area contributed by atoms with Crippen LogP contribution in [-0.4, -0.2) is 17.6 Å². The van der Waals surface area contributed by atoms with Gasteiger partial charge in [-0.2, -0.15) is 0 Å². The van der Waals surface area contributed by atoms with Gasteiger partial charge in [-0.25, -0.2) is 4.79 Å². The molecule has 0 amide bonds. The fourth-order valence-electron chi connectivity index (χ4n) is 3.33. The van der Waals surface area contributed by atoms with Crippen molar-refractivity contribution >= 4 is 34.2 Å². The number of fused-ring (bicyclic) bond motifs is 1. The smallest absolute Gasteiger partial charge is 0.358 e. The van der Waals surface area contributed by atoms with Gasteiger partial charge in [0.15, 0.2) is 17.2 Å². The van der Waals surface area contributed by atoms with Crippen molar-refractivity contribution in [3.8, 4) is 11.5 Å². The van der Waals surface area contributed by atoms with Gasteiger partial charge < -0.3 is 19.8 Å². The van der Waals surface area contributed by atoms with Gasteiger partial charge in [0, 0.05) is 17.0 Å². The van der Waals surface area contributed by atoms with E-state index in [1.807, 2.05) is 59.2 Å². The number of hydrogen-bond acceptors (Lipinski definition) is 4. The fraction of sp³-hybridized carbons (Fsp3) is 0.0870. The SMILES string of the molecule is COC(=O)c1c(Oc2ccc(Cl)cc2N)c2ccccc2n1Cc1ccccc1. The Morgan fingerprint density at radius 1 is 1.03 bits per heavy atom. The van der Waals surface area contributed by atoms with Crippen LogP contribution in [0.5, 0.6) is 11.5 Å². The van der Waals surface area contributed by atoms with E-state index in [9.17, 15) is 4.79 Å². The van der Waals surface area contributed by atoms with Crippen molar-refractivity contribution in [2.24, 2.45) is 0 Å². The molecule has 0 aliphatic rings. The number of carbonyl (C=O) groups excluding carboxylic acids is 1. The summed E-state index contributed by atoms with van der Waals surface area (Å²) in [6.07, 6.45) is 0. The first-order chi connectivity index (χ1) is 14.1. The van der Waals surface area contributed by atoms with Gasteiger partial charge in [0.05, 0.1) is 18.3 Å². The zero-order valence-corrected chi connectivity index (χ0v) is 16.5. The van der Waals surface area contributed by atoms with Crippen LogP contribution in [-0.2, 0) is 11.3 Å². The maximum absolute atomic E-state index is 12.8. The van der Waals surface area contributed by atoms with Gasteiger partial charge in [0.25, 0.3) is 0 Å². The largest absolute Gasteiger partial charge is 0.464 e. The minimum atomic E-state index is -0.486. The van der Waals surface area contributed by atoms with Crippen molar-refractivity contribution < 1.29 is 14.3 Å². The molecular formula is C23H19ClN2O3. The first kappa shape index (κ1) is 18.9. The molecular weight excluding hydrogens is 388 g/mol. The molecule has 5 nitrogen and oxygen atoms in total. The molecule has 0 bridgehead atoms. The van der Waals surface area contributed by atoms with Crippen molar-refractivity contribution in [3.63, 3.8) is 0 Å². The van der Waals surface area contributed by atoms with Crippen LogP contribution >= 0.6 is 11.6 Å². The Hall–Kier alpha value is -3.44. The third-order valence-electron chi connectivity index (χ3n) is 4.67. The van der Waals surface area contributed by atoms with E-state index in [-0.39, 0.29) is 0 Å². The zero-order chi connectivity index (χ0) is 20.4. The molecule has 0 fully saturated rings. The summed E-state index contributed by atoms with van der Waals surface area (Å²) in [4.78, 5) is 12.8. The quantitative estimate of drug-likeness (QED) is 0.351. The van der Waals surface area contributed by atoms with Gasteiger partial charge >= 0.3 is 5.97 Å². The van der Waals surface area contributed by atoms with E-state index in [0.29, 0.717) is 34.4 Å². The van der Waals surface area contributed by atoms with E-state index >= 15 is 0 Å². The molecule has 1 heterocycles. The molecule has 1 aromatic heterocycles. The minimum absolute atomic E-state index is 0.326. The van der Waals surface area contributed by atoms with Crippen LogP contribution in [0.2, 0.25) is 5.02 Å². The third kappa shape index (κ3) is 3.65. The van der Waals surface area contributed by atoms with E-state index in [4.69, 9.17) is 26.8 Å². The maximum atomic E-state index is 12.8. The number of hydrogen-bond donors (Lipinski definition) is 1. The molecule has 146 valence electrons. The average molecular weight is 407 g/mol. The molecule has 29 heavy (non-hydrogen) atoms. The second kappa shape index (κ2) is 7.89. The highest BCUT2D eigenvalue weighted by Crippen LogP contribution is 2.39. The number of benzene rings is 3. The van der Waals surface area contributed by atoms with Crippen molar-refractivity contribution in [2.75, 3.05) is 12.8 Å². The number of carbonyl (C=O) groups is 1. The predicted octanol–water partition coefficient (Wildman–Crippen LogP) is 5.50. The van der Waals surface area contributed by atoms with Crippen LogP contribution in [0.15, 0.2) is 72.8 Å². The second-order valence-electron chi connectivity index (χ2n) is 6.54. The molecule has 2 N–H and O–H groups in total. The van der Waals surface area contributed by atoms with Crippen LogP contribution in [0.25, 0.3) is 10.9 Å². The van der Waals surface area contributed by atoms with Crippen LogP contribution in [0, 0.1) is 0 Å². The van der Waals surface area contributed by atoms with Crippen LogP contribution in [0.3, 0.4) is 0 Å². The maximum Gasteiger partial charge on any atom is 0.358 e. The number of nitrogens with zero attached hydrogens (tertiary/aromatic N) is 1. The number of halogens is 1. The highest BCUT2D eigenvalue weighted by Gasteiger charge is 2.26. The topological polar surface area (TPSA) is 66.5 Å². The monoisotopic (exact) mass is 406 g/mol. The number of nitrogens with two attached hydrogens (primary N) is 1. The van der Waals surface area contributed by atoms with Crippen LogP contribution in [0.4, 0.5) is 5.69 Å². The number of ether oxygens (including phenoxy) is 2. The zero-order valence-electron chi connectivity index (χ0n) is 15.8. The number of para-hydroxylation sites is 1. The van der Waals surface area contributed by atoms with Crippen LogP contribution in [0.1, 0.15) is 16.1 Å². The Bertz CT molecular complexity index is 1190. The number of nitrogen functional groups attached to an aromatic ring is 1. The molecule has 0 saturated heterocycles. The van der Waals surface area contributed by atoms with Gasteiger partial charge in [-0.15, -0.1) is 0 Å². The molecule has 0 unspecified atom stereocenters. The standard InChI is InChI=1S/C23H19ClN2O3/c1-28-23(27)21-22(29-20-12-11-16(24)13-18(20)25)17-9-5-6-10-19(17)26(21)14-15-7-3-2-4-8-15/h2-13H,14,25H2,1H3. The van der Waals surface area contributed by atoms with Crippen LogP contribution < -0.4 is 10.5 Å². The molecule has 6 heteroatoms. The summed E-state index contributed by atoms with van der Waals surface area (Å²) in [6, 6.07) is 22.5. The van der Waals surface area contributed by atoms with Gasteiger partial charge in [-0.1, -0.05) is 54.1 Å². The third-order valence-corrected chi connectivity index (χ3v) is 4.91. The molecule has 4 aromatic rings. The second-order valence-corrected chi connectivity index (χ2v) is 6.98. The number of rotatable bonds is 5. The van der Waals surface area contributed by atoms with E-state index in [2.05, 4.69) is 0 Å². The normalized spacial score (nSPS) is 10.8. The minimum Gasteiger partial charge on any atom is -0.464 e. The summed E-state index contributed by atoms with van der Waals surface area (Å²) in [5.41, 5.74) is 8.69. The van der Waals surface area contributed by atoms with Gasteiger partial charge in [-0.05, 0) is 35.9 Å². The Morgan fingerprint density at radius 3 is 2.48 bits per heavy atom. The van der Waals surface area contributed by atoms with Crippen molar-refractivity contribution in [1.82, 2.24) is 4.57 Å². The molecule has 0 aliphatic carbocycles. The van der Waals surface area contributed by atoms with Gasteiger partial charge in [0.1, 0.15) is 0 Å². The van der Waals surface area contributed by atoms with Gasteiger partial charge in [0.2, 0.25) is 0 Å². The highest BCUT2D eigenvalue weighted by molar-refractivity contribution is 6.30. The Kier molecular flexibility index (Phi) is 5.14. The number of methoxy groups -OCH3 is 1. The first-order valence-corrected chi connectivity index (χ1v) is 9.42. The molecule has 4 rings (SSSR count). The molecule has 0 aliphatic heterocycles. The molecule has 3 aromatic carbocycles. The number of aromatic nitrogens is 1. The van der Waals surface area contributed by atoms with E-state index in [1.165, 1.54) is 7.11 Å². The highest BCUT2D eigenvalue weighted by atomic mass is 35.5. The van der Waals surface area contributed by atoms with Crippen molar-refractivity contribution in [3.05, 3.63) is 89.1 Å². The number of esters is 1. The van der Waals surface area contributed by atoms with E-state index in [1.54, 1.807) is 18.2 Å². The summed E-state index contributed by atoms with van der Waals surface area (Å²) in [7, 11) is 1.35. The molecule has 0 saturated carbocycles. The molecule has 0 atom stereocenters. The Morgan fingerprint density at radius 2 is 1.76 bits per heavy atom. The lowest BCUT2D eigenvalue weighted by Gasteiger charge is -2.12. The summed E-state index contributed by atoms with van der Waals surface area (Å²) in [5.74, 6) is 0.333. The van der Waals surface area contributed by atoms with Gasteiger partial charge in [-0.3, -0.25) is 0 Å². The van der Waals surface area contributed by atoms with E-state index < -0.39 is 5.97 Å². The molecule has 0 spiro atoms. The van der Waals surface area contributed by atoms with Crippen molar-refractivity contribution in [1.29, 1.82) is 0 Å². The summed E-state index contributed by atoms with van der Waals surface area (Å²) < 4.78 is 13.1. The molecule has 0 radical (unpaired) electrons. The van der Waals surface area contributed by atoms with Crippen molar-refractivity contribution in [2.45, 2.75) is 6.54 Å². The summed E-state index contributed by atoms with van der Waals surface area (Å²) in [6.45, 7) is 0.491. The Labute approximate surface area is 173 Å². The average Bonchev–Trinajstić information content (AvgIpc) is 3.03. The summed E-state index contributed by atoms with van der Waals surface area (Å²) >= 11 is 6.00.